The molecule has 3 heteroatoms. The Morgan fingerprint density at radius 2 is 2.19 bits per heavy atom. The van der Waals surface area contributed by atoms with E-state index in [2.05, 4.69) is 42.5 Å². The van der Waals surface area contributed by atoms with Crippen LogP contribution in [0.1, 0.15) is 43.4 Å². The van der Waals surface area contributed by atoms with Gasteiger partial charge in [0.1, 0.15) is 5.75 Å². The standard InChI is InChI=1S/C13H18INO/c1-13(2)5-3-4-9-10(13)6-8(7-15)12(16)11(9)14/h6,16H,3-5,7,15H2,1-2H3. The van der Waals surface area contributed by atoms with Crippen LogP contribution in [0.5, 0.6) is 5.75 Å². The van der Waals surface area contributed by atoms with Crippen molar-refractivity contribution >= 4 is 22.6 Å². The lowest BCUT2D eigenvalue weighted by Crippen LogP contribution is -2.25. The second-order valence-electron chi connectivity index (χ2n) is 5.17. The Morgan fingerprint density at radius 3 is 2.81 bits per heavy atom. The van der Waals surface area contributed by atoms with Crippen LogP contribution >= 0.6 is 22.6 Å². The highest BCUT2D eigenvalue weighted by Gasteiger charge is 2.30. The van der Waals surface area contributed by atoms with Crippen LogP contribution in [0.3, 0.4) is 0 Å². The maximum atomic E-state index is 10.0. The van der Waals surface area contributed by atoms with E-state index in [4.69, 9.17) is 5.73 Å². The maximum Gasteiger partial charge on any atom is 0.133 e. The zero-order valence-electron chi connectivity index (χ0n) is 9.81. The predicted octanol–water partition coefficient (Wildman–Crippen LogP) is 3.07. The molecule has 0 aliphatic heterocycles. The van der Waals surface area contributed by atoms with Crippen molar-refractivity contribution in [2.75, 3.05) is 0 Å². The topological polar surface area (TPSA) is 46.2 Å². The van der Waals surface area contributed by atoms with Crippen LogP contribution in [0.15, 0.2) is 6.07 Å². The molecule has 1 aromatic rings. The number of hydrogen-bond acceptors (Lipinski definition) is 2. The van der Waals surface area contributed by atoms with Crippen molar-refractivity contribution in [1.82, 2.24) is 0 Å². The average Bonchev–Trinajstić information content (AvgIpc) is 2.23. The van der Waals surface area contributed by atoms with Crippen LogP contribution in [0.2, 0.25) is 0 Å². The first-order valence-electron chi connectivity index (χ1n) is 5.71. The number of aromatic hydroxyl groups is 1. The van der Waals surface area contributed by atoms with E-state index in [0.717, 1.165) is 15.6 Å². The normalized spacial score (nSPS) is 18.2. The molecule has 2 rings (SSSR count). The minimum atomic E-state index is 0.213. The molecule has 0 saturated heterocycles. The second-order valence-corrected chi connectivity index (χ2v) is 6.24. The Hall–Kier alpha value is -0.290. The number of hydrogen-bond donors (Lipinski definition) is 2. The van der Waals surface area contributed by atoms with Gasteiger partial charge in [0.25, 0.3) is 0 Å². The first-order valence-corrected chi connectivity index (χ1v) is 6.79. The molecule has 0 radical (unpaired) electrons. The van der Waals surface area contributed by atoms with Gasteiger partial charge >= 0.3 is 0 Å². The zero-order valence-corrected chi connectivity index (χ0v) is 12.0. The Morgan fingerprint density at radius 1 is 1.50 bits per heavy atom. The molecule has 16 heavy (non-hydrogen) atoms. The highest BCUT2D eigenvalue weighted by atomic mass is 127. The molecule has 2 nitrogen and oxygen atoms in total. The van der Waals surface area contributed by atoms with Gasteiger partial charge in [0.05, 0.1) is 3.57 Å². The molecular formula is C13H18INO. The van der Waals surface area contributed by atoms with Crippen molar-refractivity contribution in [1.29, 1.82) is 0 Å². The van der Waals surface area contributed by atoms with Gasteiger partial charge < -0.3 is 10.8 Å². The van der Waals surface area contributed by atoms with Crippen molar-refractivity contribution in [3.05, 3.63) is 26.3 Å². The number of fused-ring (bicyclic) bond motifs is 1. The number of rotatable bonds is 1. The lowest BCUT2D eigenvalue weighted by molar-refractivity contribution is 0.421. The summed E-state index contributed by atoms with van der Waals surface area (Å²) in [4.78, 5) is 0. The fraction of sp³-hybridized carbons (Fsp3) is 0.538. The monoisotopic (exact) mass is 331 g/mol. The molecule has 0 spiro atoms. The van der Waals surface area contributed by atoms with Gasteiger partial charge in [-0.1, -0.05) is 13.8 Å². The number of phenols is 1. The third kappa shape index (κ3) is 1.84. The van der Waals surface area contributed by atoms with Crippen molar-refractivity contribution in [2.24, 2.45) is 5.73 Å². The van der Waals surface area contributed by atoms with E-state index in [1.165, 1.54) is 24.0 Å². The molecule has 0 fully saturated rings. The molecule has 1 aromatic carbocycles. The summed E-state index contributed by atoms with van der Waals surface area (Å²) < 4.78 is 1.00. The largest absolute Gasteiger partial charge is 0.506 e. The molecule has 88 valence electrons. The van der Waals surface area contributed by atoms with E-state index < -0.39 is 0 Å². The minimum Gasteiger partial charge on any atom is -0.506 e. The van der Waals surface area contributed by atoms with Crippen LogP contribution in [0.25, 0.3) is 0 Å². The molecule has 1 aliphatic carbocycles. The van der Waals surface area contributed by atoms with Gasteiger partial charge in [-0.3, -0.25) is 0 Å². The van der Waals surface area contributed by atoms with Crippen molar-refractivity contribution < 1.29 is 5.11 Å². The first kappa shape index (κ1) is 12.2. The molecule has 0 aromatic heterocycles. The third-order valence-electron chi connectivity index (χ3n) is 3.60. The molecule has 0 unspecified atom stereocenters. The van der Waals surface area contributed by atoms with Gasteiger partial charge in [-0.2, -0.15) is 0 Å². The minimum absolute atomic E-state index is 0.213. The van der Waals surface area contributed by atoms with Crippen molar-refractivity contribution in [3.63, 3.8) is 0 Å². The second kappa shape index (κ2) is 4.18. The van der Waals surface area contributed by atoms with E-state index in [1.54, 1.807) is 0 Å². The predicted molar refractivity (Wildman–Crippen MR) is 74.7 cm³/mol. The van der Waals surface area contributed by atoms with Gasteiger partial charge in [0.2, 0.25) is 0 Å². The van der Waals surface area contributed by atoms with Crippen LogP contribution in [0, 0.1) is 3.57 Å². The fourth-order valence-corrected chi connectivity index (χ4v) is 3.48. The molecule has 0 amide bonds. The van der Waals surface area contributed by atoms with E-state index in [1.807, 2.05) is 0 Å². The summed E-state index contributed by atoms with van der Waals surface area (Å²) in [7, 11) is 0. The van der Waals surface area contributed by atoms with E-state index in [-0.39, 0.29) is 5.41 Å². The quantitative estimate of drug-likeness (QED) is 0.777. The fourth-order valence-electron chi connectivity index (χ4n) is 2.58. The highest BCUT2D eigenvalue weighted by molar-refractivity contribution is 14.1. The molecule has 0 atom stereocenters. The van der Waals surface area contributed by atoms with Crippen LogP contribution in [-0.2, 0) is 18.4 Å². The summed E-state index contributed by atoms with van der Waals surface area (Å²) >= 11 is 2.25. The lowest BCUT2D eigenvalue weighted by Gasteiger charge is -2.34. The molecule has 3 N–H and O–H groups in total. The summed E-state index contributed by atoms with van der Waals surface area (Å²) in [5.74, 6) is 0.388. The highest BCUT2D eigenvalue weighted by Crippen LogP contribution is 2.42. The van der Waals surface area contributed by atoms with Crippen LogP contribution < -0.4 is 5.73 Å². The van der Waals surface area contributed by atoms with Gasteiger partial charge in [0, 0.05) is 12.1 Å². The zero-order chi connectivity index (χ0) is 11.9. The number of benzene rings is 1. The molecule has 0 saturated carbocycles. The lowest BCUT2D eigenvalue weighted by atomic mass is 9.72. The maximum absolute atomic E-state index is 10.0. The van der Waals surface area contributed by atoms with Crippen LogP contribution in [-0.4, -0.2) is 5.11 Å². The molecule has 1 aliphatic rings. The smallest absolute Gasteiger partial charge is 0.133 e. The van der Waals surface area contributed by atoms with Crippen LogP contribution in [0.4, 0.5) is 0 Å². The Balaban J connectivity index is 2.67. The summed E-state index contributed by atoms with van der Waals surface area (Å²) in [6, 6.07) is 2.10. The molecule has 0 heterocycles. The third-order valence-corrected chi connectivity index (χ3v) is 4.76. The summed E-state index contributed by atoms with van der Waals surface area (Å²) in [5, 5.41) is 10.0. The van der Waals surface area contributed by atoms with Gasteiger partial charge in [-0.25, -0.2) is 0 Å². The SMILES string of the molecule is CC1(C)CCCc2c1cc(CN)c(O)c2I. The van der Waals surface area contributed by atoms with Crippen molar-refractivity contribution in [3.8, 4) is 5.75 Å². The first-order chi connectivity index (χ1) is 7.47. The molecular weight excluding hydrogens is 313 g/mol. The van der Waals surface area contributed by atoms with E-state index in [9.17, 15) is 5.11 Å². The van der Waals surface area contributed by atoms with Gasteiger partial charge in [-0.15, -0.1) is 0 Å². The number of halogens is 1. The summed E-state index contributed by atoms with van der Waals surface area (Å²) in [5.41, 5.74) is 9.47. The van der Waals surface area contributed by atoms with Crippen molar-refractivity contribution in [2.45, 2.75) is 45.1 Å². The Kier molecular flexibility index (Phi) is 3.18. The average molecular weight is 331 g/mol. The molecule has 0 bridgehead atoms. The number of phenolic OH excluding ortho intramolecular Hbond substituents is 1. The van der Waals surface area contributed by atoms with E-state index in [0.29, 0.717) is 12.3 Å². The Bertz CT molecular complexity index is 426. The summed E-state index contributed by atoms with van der Waals surface area (Å²) in [6.45, 7) is 4.96. The number of nitrogens with two attached hydrogens (primary N) is 1. The van der Waals surface area contributed by atoms with Gasteiger partial charge in [0.15, 0.2) is 0 Å². The van der Waals surface area contributed by atoms with E-state index >= 15 is 0 Å². The van der Waals surface area contributed by atoms with Gasteiger partial charge in [-0.05, 0) is 64.5 Å². The Labute approximate surface area is 110 Å². The summed E-state index contributed by atoms with van der Waals surface area (Å²) in [6.07, 6.45) is 3.50.